The minimum Gasteiger partial charge on any atom is -0.396 e. The Hall–Kier alpha value is -2.19. The van der Waals surface area contributed by atoms with Crippen molar-refractivity contribution in [1.82, 2.24) is 14.8 Å². The number of allylic oxidation sites excluding steroid dienone is 1. The van der Waals surface area contributed by atoms with E-state index in [2.05, 4.69) is 31.3 Å². The number of hydrogen-bond donors (Lipinski definition) is 3. The fourth-order valence-corrected chi connectivity index (χ4v) is 3.26. The smallest absolute Gasteiger partial charge is 0.248 e. The summed E-state index contributed by atoms with van der Waals surface area (Å²) in [6.07, 6.45) is 1.15. The zero-order valence-corrected chi connectivity index (χ0v) is 14.7. The van der Waals surface area contributed by atoms with Crippen LogP contribution in [0.1, 0.15) is 30.8 Å². The Bertz CT molecular complexity index is 815. The normalized spacial score (nSPS) is 16.7. The molecule has 2 heterocycles. The van der Waals surface area contributed by atoms with Gasteiger partial charge in [-0.2, -0.15) is 10.1 Å². The fraction of sp³-hybridized carbons (Fsp3) is 0.312. The predicted octanol–water partition coefficient (Wildman–Crippen LogP) is 1.74. The highest BCUT2D eigenvalue weighted by molar-refractivity contribution is 9.10. The predicted molar refractivity (Wildman–Crippen MR) is 93.2 cm³/mol. The number of hydrogen-bond acceptors (Lipinski definition) is 5. The number of nitrogens with one attached hydrogen (secondary N) is 1. The number of fused-ring (bicyclic) bond motifs is 1. The van der Waals surface area contributed by atoms with Gasteiger partial charge in [-0.15, -0.1) is 0 Å². The molecular formula is C16H18BrN5O2. The first kappa shape index (κ1) is 16.7. The number of aliphatic hydroxyl groups is 1. The molecule has 1 aromatic carbocycles. The van der Waals surface area contributed by atoms with E-state index in [0.29, 0.717) is 35.9 Å². The Balaban J connectivity index is 2.11. The zero-order valence-electron chi connectivity index (χ0n) is 13.2. The molecule has 1 amide bonds. The molecule has 1 aliphatic heterocycles. The molecule has 1 aliphatic rings. The van der Waals surface area contributed by atoms with Crippen LogP contribution in [0.3, 0.4) is 0 Å². The van der Waals surface area contributed by atoms with Gasteiger partial charge in [0, 0.05) is 23.2 Å². The summed E-state index contributed by atoms with van der Waals surface area (Å²) in [7, 11) is 0. The first-order valence-corrected chi connectivity index (χ1v) is 8.40. The molecule has 0 saturated heterocycles. The van der Waals surface area contributed by atoms with Crippen LogP contribution < -0.4 is 11.1 Å². The van der Waals surface area contributed by atoms with Gasteiger partial charge in [0.05, 0.1) is 5.57 Å². The fourth-order valence-electron chi connectivity index (χ4n) is 2.84. The molecule has 0 radical (unpaired) electrons. The lowest BCUT2D eigenvalue weighted by Crippen LogP contribution is -2.31. The minimum absolute atomic E-state index is 0.0795. The molecule has 0 bridgehead atoms. The van der Waals surface area contributed by atoms with Gasteiger partial charge in [0.25, 0.3) is 0 Å². The highest BCUT2D eigenvalue weighted by Gasteiger charge is 2.33. The van der Waals surface area contributed by atoms with Crippen molar-refractivity contribution in [2.45, 2.75) is 25.8 Å². The van der Waals surface area contributed by atoms with Crippen molar-refractivity contribution in [2.24, 2.45) is 5.73 Å². The van der Waals surface area contributed by atoms with Crippen molar-refractivity contribution in [1.29, 1.82) is 0 Å². The molecule has 1 aromatic heterocycles. The molecule has 7 nitrogen and oxygen atoms in total. The van der Waals surface area contributed by atoms with Gasteiger partial charge in [-0.3, -0.25) is 4.79 Å². The van der Waals surface area contributed by atoms with Crippen LogP contribution in [-0.4, -0.2) is 32.4 Å². The maximum Gasteiger partial charge on any atom is 0.248 e. The third-order valence-electron chi connectivity index (χ3n) is 3.88. The van der Waals surface area contributed by atoms with E-state index in [9.17, 15) is 4.79 Å². The number of anilines is 1. The molecule has 8 heteroatoms. The van der Waals surface area contributed by atoms with E-state index in [1.54, 1.807) is 11.6 Å². The first-order valence-electron chi connectivity index (χ1n) is 7.60. The topological polar surface area (TPSA) is 106 Å². The maximum atomic E-state index is 12.0. The first-order chi connectivity index (χ1) is 11.5. The summed E-state index contributed by atoms with van der Waals surface area (Å²) in [4.78, 5) is 16.5. The average molecular weight is 392 g/mol. The summed E-state index contributed by atoms with van der Waals surface area (Å²) in [5.74, 6) is 0.684. The highest BCUT2D eigenvalue weighted by Crippen LogP contribution is 2.35. The summed E-state index contributed by atoms with van der Waals surface area (Å²) in [6.45, 7) is 1.88. The van der Waals surface area contributed by atoms with Crippen LogP contribution in [0.25, 0.3) is 0 Å². The molecule has 2 aromatic rings. The third-order valence-corrected chi connectivity index (χ3v) is 4.38. The van der Waals surface area contributed by atoms with Gasteiger partial charge in [0.15, 0.2) is 5.82 Å². The monoisotopic (exact) mass is 391 g/mol. The summed E-state index contributed by atoms with van der Waals surface area (Å²) in [5.41, 5.74) is 7.64. The van der Waals surface area contributed by atoms with Crippen LogP contribution in [0.15, 0.2) is 40.0 Å². The van der Waals surface area contributed by atoms with Crippen molar-refractivity contribution in [2.75, 3.05) is 11.9 Å². The highest BCUT2D eigenvalue weighted by atomic mass is 79.9. The molecule has 1 unspecified atom stereocenters. The lowest BCUT2D eigenvalue weighted by atomic mass is 9.95. The van der Waals surface area contributed by atoms with E-state index in [0.717, 1.165) is 10.0 Å². The van der Waals surface area contributed by atoms with E-state index in [-0.39, 0.29) is 6.61 Å². The molecular weight excluding hydrogens is 374 g/mol. The molecule has 0 aliphatic carbocycles. The Morgan fingerprint density at radius 3 is 2.96 bits per heavy atom. The summed E-state index contributed by atoms with van der Waals surface area (Å²) < 4.78 is 2.59. The van der Waals surface area contributed by atoms with Gasteiger partial charge >= 0.3 is 0 Å². The van der Waals surface area contributed by atoms with Crippen LogP contribution in [0.5, 0.6) is 0 Å². The Labute approximate surface area is 147 Å². The average Bonchev–Trinajstić information content (AvgIpc) is 2.93. The van der Waals surface area contributed by atoms with E-state index in [1.165, 1.54) is 0 Å². The number of rotatable bonds is 5. The van der Waals surface area contributed by atoms with Crippen LogP contribution in [0.2, 0.25) is 0 Å². The maximum absolute atomic E-state index is 12.0. The molecule has 0 spiro atoms. The SMILES string of the molecule is CC1=C(C(N)=O)C(c2cccc(Br)c2)n2nc(CCCO)nc2N1. The number of aromatic nitrogens is 3. The summed E-state index contributed by atoms with van der Waals surface area (Å²) in [5, 5.41) is 16.6. The number of benzene rings is 1. The van der Waals surface area contributed by atoms with Crippen LogP contribution in [-0.2, 0) is 11.2 Å². The van der Waals surface area contributed by atoms with E-state index in [1.807, 2.05) is 24.3 Å². The van der Waals surface area contributed by atoms with Crippen molar-refractivity contribution in [3.8, 4) is 0 Å². The molecule has 24 heavy (non-hydrogen) atoms. The summed E-state index contributed by atoms with van der Waals surface area (Å²) in [6, 6.07) is 7.24. The second-order valence-electron chi connectivity index (χ2n) is 5.61. The van der Waals surface area contributed by atoms with Gasteiger partial charge in [0.1, 0.15) is 6.04 Å². The minimum atomic E-state index is -0.497. The third kappa shape index (κ3) is 3.07. The van der Waals surface area contributed by atoms with Crippen LogP contribution in [0, 0.1) is 0 Å². The standard InChI is InChI=1S/C16H18BrN5O2/c1-9-13(15(18)24)14(10-4-2-5-11(17)8-10)22-16(19-9)20-12(21-22)6-3-7-23/h2,4-5,8,14,23H,3,6-7H2,1H3,(H2,18,24)(H,19,20,21). The van der Waals surface area contributed by atoms with Gasteiger partial charge in [-0.05, 0) is 31.0 Å². The summed E-state index contributed by atoms with van der Waals surface area (Å²) >= 11 is 3.46. The number of carbonyl (C=O) groups is 1. The van der Waals surface area contributed by atoms with Crippen LogP contribution >= 0.6 is 15.9 Å². The van der Waals surface area contributed by atoms with Crippen LogP contribution in [0.4, 0.5) is 5.95 Å². The number of amides is 1. The van der Waals surface area contributed by atoms with E-state index < -0.39 is 11.9 Å². The number of carbonyl (C=O) groups excluding carboxylic acids is 1. The van der Waals surface area contributed by atoms with Crippen molar-refractivity contribution in [3.63, 3.8) is 0 Å². The zero-order chi connectivity index (χ0) is 17.3. The van der Waals surface area contributed by atoms with Gasteiger partial charge < -0.3 is 16.2 Å². The molecule has 126 valence electrons. The molecule has 0 saturated carbocycles. The van der Waals surface area contributed by atoms with E-state index >= 15 is 0 Å². The lowest BCUT2D eigenvalue weighted by molar-refractivity contribution is -0.115. The number of aliphatic hydroxyl groups excluding tert-OH is 1. The molecule has 4 N–H and O–H groups in total. The van der Waals surface area contributed by atoms with Gasteiger partial charge in [0.2, 0.25) is 11.9 Å². The molecule has 1 atom stereocenters. The van der Waals surface area contributed by atoms with Crippen molar-refractivity contribution >= 4 is 27.8 Å². The second-order valence-corrected chi connectivity index (χ2v) is 6.52. The number of nitrogens with zero attached hydrogens (tertiary/aromatic N) is 3. The Morgan fingerprint density at radius 2 is 2.29 bits per heavy atom. The van der Waals surface area contributed by atoms with Crippen molar-refractivity contribution in [3.05, 3.63) is 51.4 Å². The molecule has 0 fully saturated rings. The Morgan fingerprint density at radius 1 is 1.50 bits per heavy atom. The second kappa shape index (κ2) is 6.74. The number of halogens is 1. The Kier molecular flexibility index (Phi) is 4.68. The van der Waals surface area contributed by atoms with Gasteiger partial charge in [-0.1, -0.05) is 28.1 Å². The van der Waals surface area contributed by atoms with E-state index in [4.69, 9.17) is 10.8 Å². The number of primary amides is 1. The lowest BCUT2D eigenvalue weighted by Gasteiger charge is -2.27. The number of aryl methyl sites for hydroxylation is 1. The van der Waals surface area contributed by atoms with Gasteiger partial charge in [-0.25, -0.2) is 4.68 Å². The largest absolute Gasteiger partial charge is 0.396 e. The molecule has 3 rings (SSSR count). The van der Waals surface area contributed by atoms with Crippen molar-refractivity contribution < 1.29 is 9.90 Å². The quantitative estimate of drug-likeness (QED) is 0.719. The number of nitrogens with two attached hydrogens (primary N) is 1.